The Hall–Kier alpha value is -3.21. The SMILES string of the molecule is C=CCn1c(Sc2cc(C#N)c3cc(Cl)ccc3n2)nnc1-c1cccnc1. The zero-order valence-corrected chi connectivity index (χ0v) is 16.2. The number of halogens is 1. The van der Waals surface area contributed by atoms with Crippen molar-refractivity contribution in [1.29, 1.82) is 5.26 Å². The van der Waals surface area contributed by atoms with Gasteiger partial charge >= 0.3 is 0 Å². The standard InChI is InChI=1S/C20H13ClN6S/c1-2-8-27-19(13-4-3-7-23-12-13)25-26-20(27)28-18-9-14(11-22)16-10-15(21)5-6-17(16)24-18/h2-7,9-10,12H,1,8H2. The zero-order valence-electron chi connectivity index (χ0n) is 14.6. The van der Waals surface area contributed by atoms with Crippen LogP contribution in [0.25, 0.3) is 22.3 Å². The lowest BCUT2D eigenvalue weighted by Crippen LogP contribution is -2.01. The zero-order chi connectivity index (χ0) is 19.5. The number of nitriles is 1. The maximum Gasteiger partial charge on any atom is 0.198 e. The number of aromatic nitrogens is 5. The topological polar surface area (TPSA) is 80.3 Å². The molecule has 0 atom stereocenters. The van der Waals surface area contributed by atoms with E-state index in [9.17, 15) is 5.26 Å². The molecule has 0 fully saturated rings. The quantitative estimate of drug-likeness (QED) is 0.446. The summed E-state index contributed by atoms with van der Waals surface area (Å²) in [5.41, 5.74) is 2.08. The number of benzene rings is 1. The third-order valence-electron chi connectivity index (χ3n) is 4.01. The first-order valence-electron chi connectivity index (χ1n) is 8.32. The summed E-state index contributed by atoms with van der Waals surface area (Å²) in [6.07, 6.45) is 5.23. The van der Waals surface area contributed by atoms with Gasteiger partial charge < -0.3 is 0 Å². The number of rotatable bonds is 5. The summed E-state index contributed by atoms with van der Waals surface area (Å²) in [7, 11) is 0. The molecule has 0 saturated heterocycles. The minimum absolute atomic E-state index is 0.511. The van der Waals surface area contributed by atoms with Gasteiger partial charge in [0, 0.05) is 34.9 Å². The van der Waals surface area contributed by atoms with Gasteiger partial charge in [-0.1, -0.05) is 17.7 Å². The second-order valence-corrected chi connectivity index (χ2v) is 7.25. The molecule has 8 heteroatoms. The Morgan fingerprint density at radius 3 is 2.89 bits per heavy atom. The summed E-state index contributed by atoms with van der Waals surface area (Å²) in [4.78, 5) is 8.78. The molecule has 28 heavy (non-hydrogen) atoms. The van der Waals surface area contributed by atoms with Crippen molar-refractivity contribution in [2.75, 3.05) is 0 Å². The van der Waals surface area contributed by atoms with E-state index in [0.29, 0.717) is 38.7 Å². The highest BCUT2D eigenvalue weighted by atomic mass is 35.5. The van der Waals surface area contributed by atoms with E-state index in [1.54, 1.807) is 42.7 Å². The lowest BCUT2D eigenvalue weighted by atomic mass is 10.1. The smallest absolute Gasteiger partial charge is 0.198 e. The molecule has 0 bridgehead atoms. The first kappa shape index (κ1) is 18.2. The highest BCUT2D eigenvalue weighted by Crippen LogP contribution is 2.31. The predicted molar refractivity (Wildman–Crippen MR) is 109 cm³/mol. The number of hydrogen-bond acceptors (Lipinski definition) is 6. The van der Waals surface area contributed by atoms with Gasteiger partial charge in [0.1, 0.15) is 5.03 Å². The van der Waals surface area contributed by atoms with E-state index in [1.165, 1.54) is 11.8 Å². The van der Waals surface area contributed by atoms with Crippen molar-refractivity contribution in [3.8, 4) is 17.5 Å². The lowest BCUT2D eigenvalue weighted by Gasteiger charge is -2.08. The fraction of sp³-hybridized carbons (Fsp3) is 0.0500. The number of allylic oxidation sites excluding steroid dienone is 1. The van der Waals surface area contributed by atoms with E-state index in [2.05, 4.69) is 32.8 Å². The van der Waals surface area contributed by atoms with Crippen molar-refractivity contribution >= 4 is 34.3 Å². The van der Waals surface area contributed by atoms with Crippen molar-refractivity contribution < 1.29 is 0 Å². The average molecular weight is 405 g/mol. The average Bonchev–Trinajstić information content (AvgIpc) is 3.11. The van der Waals surface area contributed by atoms with Gasteiger partial charge in [-0.05, 0) is 48.2 Å². The van der Waals surface area contributed by atoms with Crippen LogP contribution in [0.1, 0.15) is 5.56 Å². The van der Waals surface area contributed by atoms with Gasteiger partial charge in [-0.2, -0.15) is 5.26 Å². The Labute approximate surface area is 170 Å². The van der Waals surface area contributed by atoms with E-state index in [4.69, 9.17) is 11.6 Å². The molecule has 0 radical (unpaired) electrons. The van der Waals surface area contributed by atoms with E-state index in [0.717, 1.165) is 10.9 Å². The van der Waals surface area contributed by atoms with Crippen LogP contribution in [-0.4, -0.2) is 24.7 Å². The van der Waals surface area contributed by atoms with Gasteiger partial charge in [0.15, 0.2) is 11.0 Å². The Morgan fingerprint density at radius 2 is 2.14 bits per heavy atom. The first-order valence-corrected chi connectivity index (χ1v) is 9.52. The minimum atomic E-state index is 0.511. The maximum atomic E-state index is 9.53. The second-order valence-electron chi connectivity index (χ2n) is 5.83. The Kier molecular flexibility index (Phi) is 5.06. The monoisotopic (exact) mass is 404 g/mol. The molecule has 4 rings (SSSR count). The van der Waals surface area contributed by atoms with Gasteiger partial charge in [-0.3, -0.25) is 9.55 Å². The molecule has 4 aromatic rings. The molecular formula is C20H13ClN6S. The summed E-state index contributed by atoms with van der Waals surface area (Å²) >= 11 is 7.40. The molecule has 0 aliphatic carbocycles. The molecular weight excluding hydrogens is 392 g/mol. The van der Waals surface area contributed by atoms with E-state index in [1.807, 2.05) is 16.7 Å². The second kappa shape index (κ2) is 7.80. The van der Waals surface area contributed by atoms with Crippen LogP contribution in [-0.2, 0) is 6.54 Å². The van der Waals surface area contributed by atoms with E-state index >= 15 is 0 Å². The fourth-order valence-electron chi connectivity index (χ4n) is 2.78. The summed E-state index contributed by atoms with van der Waals surface area (Å²) < 4.78 is 1.94. The molecule has 0 unspecified atom stereocenters. The van der Waals surface area contributed by atoms with Crippen molar-refractivity contribution in [1.82, 2.24) is 24.7 Å². The molecule has 1 aromatic carbocycles. The summed E-state index contributed by atoms with van der Waals surface area (Å²) in [6, 6.07) is 13.0. The van der Waals surface area contributed by atoms with Crippen LogP contribution in [0.5, 0.6) is 0 Å². The van der Waals surface area contributed by atoms with Crippen molar-refractivity contribution in [2.45, 2.75) is 16.7 Å². The number of pyridine rings is 2. The third kappa shape index (κ3) is 3.48. The summed E-state index contributed by atoms with van der Waals surface area (Å²) in [6.45, 7) is 4.36. The van der Waals surface area contributed by atoms with Crippen molar-refractivity contribution in [2.24, 2.45) is 0 Å². The Morgan fingerprint density at radius 1 is 1.25 bits per heavy atom. The molecule has 0 aliphatic heterocycles. The summed E-state index contributed by atoms with van der Waals surface area (Å²) in [5.74, 6) is 0.698. The summed E-state index contributed by atoms with van der Waals surface area (Å²) in [5, 5.41) is 20.8. The van der Waals surface area contributed by atoms with Gasteiger partial charge in [-0.15, -0.1) is 16.8 Å². The highest BCUT2D eigenvalue weighted by molar-refractivity contribution is 7.99. The number of nitrogens with zero attached hydrogens (tertiary/aromatic N) is 6. The van der Waals surface area contributed by atoms with Gasteiger partial charge in [0.2, 0.25) is 0 Å². The third-order valence-corrected chi connectivity index (χ3v) is 5.15. The largest absolute Gasteiger partial charge is 0.298 e. The van der Waals surface area contributed by atoms with Crippen molar-refractivity contribution in [3.63, 3.8) is 0 Å². The highest BCUT2D eigenvalue weighted by Gasteiger charge is 2.16. The van der Waals surface area contributed by atoms with Gasteiger partial charge in [0.05, 0.1) is 17.1 Å². The van der Waals surface area contributed by atoms with Crippen LogP contribution >= 0.6 is 23.4 Å². The van der Waals surface area contributed by atoms with Crippen LogP contribution in [0.3, 0.4) is 0 Å². The fourth-order valence-corrected chi connectivity index (χ4v) is 3.81. The number of fused-ring (bicyclic) bond motifs is 1. The molecule has 0 N–H and O–H groups in total. The van der Waals surface area contributed by atoms with Gasteiger partial charge in [0.25, 0.3) is 0 Å². The molecule has 3 aromatic heterocycles. The van der Waals surface area contributed by atoms with Crippen LogP contribution in [0.2, 0.25) is 5.02 Å². The predicted octanol–water partition coefficient (Wildman–Crippen LogP) is 4.75. The molecule has 0 saturated carbocycles. The first-order chi connectivity index (χ1) is 13.7. The maximum absolute atomic E-state index is 9.53. The minimum Gasteiger partial charge on any atom is -0.298 e. The van der Waals surface area contributed by atoms with E-state index in [-0.39, 0.29) is 0 Å². The van der Waals surface area contributed by atoms with Gasteiger partial charge in [-0.25, -0.2) is 4.98 Å². The normalized spacial score (nSPS) is 10.7. The molecule has 136 valence electrons. The lowest BCUT2D eigenvalue weighted by molar-refractivity contribution is 0.730. The van der Waals surface area contributed by atoms with Crippen LogP contribution in [0.15, 0.2) is 71.6 Å². The van der Waals surface area contributed by atoms with Crippen LogP contribution < -0.4 is 0 Å². The van der Waals surface area contributed by atoms with E-state index < -0.39 is 0 Å². The molecule has 6 nitrogen and oxygen atoms in total. The van der Waals surface area contributed by atoms with Crippen LogP contribution in [0, 0.1) is 11.3 Å². The van der Waals surface area contributed by atoms with Crippen molar-refractivity contribution in [3.05, 3.63) is 72.0 Å². The molecule has 0 spiro atoms. The Bertz CT molecular complexity index is 1210. The molecule has 3 heterocycles. The molecule has 0 amide bonds. The number of hydrogen-bond donors (Lipinski definition) is 0. The Balaban J connectivity index is 1.77. The molecule has 0 aliphatic rings. The van der Waals surface area contributed by atoms with Crippen LogP contribution in [0.4, 0.5) is 0 Å².